The molecule has 0 heterocycles. The molecule has 0 spiro atoms. The van der Waals surface area contributed by atoms with E-state index < -0.39 is 0 Å². The van der Waals surface area contributed by atoms with Crippen molar-refractivity contribution in [2.75, 3.05) is 6.54 Å². The molecule has 110 valence electrons. The number of urea groups is 1. The summed E-state index contributed by atoms with van der Waals surface area (Å²) in [4.78, 5) is 11.6. The zero-order valence-corrected chi connectivity index (χ0v) is 12.2. The molecule has 0 atom stereocenters. The Bertz CT molecular complexity index is 601. The number of carbonyl (C=O) groups is 1. The summed E-state index contributed by atoms with van der Waals surface area (Å²) in [5.74, 6) is -0.308. The molecule has 0 saturated heterocycles. The Hall–Kier alpha value is -2.07. The number of hydrogen-bond acceptors (Lipinski definition) is 1. The van der Waals surface area contributed by atoms with Crippen LogP contribution >= 0.6 is 11.6 Å². The lowest BCUT2D eigenvalue weighted by Crippen LogP contribution is -2.36. The maximum atomic E-state index is 13.0. The highest BCUT2D eigenvalue weighted by molar-refractivity contribution is 6.30. The first-order valence-corrected chi connectivity index (χ1v) is 7.02. The summed E-state index contributed by atoms with van der Waals surface area (Å²) in [5.41, 5.74) is 1.83. The standard InChI is InChI=1S/C16H16ClFN2O/c17-14-6-4-12(5-7-14)8-9-19-16(21)20-11-13-2-1-3-15(18)10-13/h1-7,10H,8-9,11H2,(H2,19,20,21). The van der Waals surface area contributed by atoms with E-state index in [4.69, 9.17) is 11.6 Å². The second-order valence-corrected chi connectivity index (χ2v) is 5.05. The zero-order valence-electron chi connectivity index (χ0n) is 11.4. The number of hydrogen-bond donors (Lipinski definition) is 2. The summed E-state index contributed by atoms with van der Waals surface area (Å²) < 4.78 is 13.0. The van der Waals surface area contributed by atoms with Crippen molar-refractivity contribution >= 4 is 17.6 Å². The van der Waals surface area contributed by atoms with Crippen molar-refractivity contribution in [1.29, 1.82) is 0 Å². The van der Waals surface area contributed by atoms with E-state index in [9.17, 15) is 9.18 Å². The van der Waals surface area contributed by atoms with Crippen LogP contribution in [0.2, 0.25) is 5.02 Å². The van der Waals surface area contributed by atoms with Gasteiger partial charge >= 0.3 is 6.03 Å². The Balaban J connectivity index is 1.69. The largest absolute Gasteiger partial charge is 0.338 e. The van der Waals surface area contributed by atoms with E-state index in [1.165, 1.54) is 12.1 Å². The Labute approximate surface area is 128 Å². The average Bonchev–Trinajstić information content (AvgIpc) is 2.47. The van der Waals surface area contributed by atoms with Crippen molar-refractivity contribution in [1.82, 2.24) is 10.6 Å². The fraction of sp³-hybridized carbons (Fsp3) is 0.188. The molecule has 0 unspecified atom stereocenters. The molecule has 0 saturated carbocycles. The van der Waals surface area contributed by atoms with Crippen LogP contribution in [-0.2, 0) is 13.0 Å². The predicted octanol–water partition coefficient (Wildman–Crippen LogP) is 3.52. The van der Waals surface area contributed by atoms with Crippen LogP contribution in [-0.4, -0.2) is 12.6 Å². The summed E-state index contributed by atoms with van der Waals surface area (Å²) in [6, 6.07) is 13.4. The van der Waals surface area contributed by atoms with Crippen molar-refractivity contribution in [2.45, 2.75) is 13.0 Å². The quantitative estimate of drug-likeness (QED) is 0.872. The van der Waals surface area contributed by atoms with E-state index in [-0.39, 0.29) is 11.8 Å². The molecule has 0 bridgehead atoms. The molecule has 0 fully saturated rings. The highest BCUT2D eigenvalue weighted by Gasteiger charge is 2.01. The molecule has 0 aliphatic carbocycles. The molecule has 0 radical (unpaired) electrons. The average molecular weight is 307 g/mol. The van der Waals surface area contributed by atoms with E-state index in [0.29, 0.717) is 18.1 Å². The number of carbonyl (C=O) groups excluding carboxylic acids is 1. The van der Waals surface area contributed by atoms with Crippen molar-refractivity contribution in [3.63, 3.8) is 0 Å². The van der Waals surface area contributed by atoms with Crippen molar-refractivity contribution in [3.05, 3.63) is 70.5 Å². The van der Waals surface area contributed by atoms with Gasteiger partial charge in [0.1, 0.15) is 5.82 Å². The summed E-state index contributed by atoms with van der Waals surface area (Å²) in [5, 5.41) is 6.13. The third-order valence-electron chi connectivity index (χ3n) is 2.95. The third-order valence-corrected chi connectivity index (χ3v) is 3.21. The molecule has 21 heavy (non-hydrogen) atoms. The second kappa shape index (κ2) is 7.64. The van der Waals surface area contributed by atoms with Crippen molar-refractivity contribution < 1.29 is 9.18 Å². The lowest BCUT2D eigenvalue weighted by molar-refractivity contribution is 0.240. The van der Waals surface area contributed by atoms with Crippen LogP contribution in [0.25, 0.3) is 0 Å². The lowest BCUT2D eigenvalue weighted by atomic mass is 10.1. The minimum Gasteiger partial charge on any atom is -0.338 e. The molecule has 0 aliphatic rings. The van der Waals surface area contributed by atoms with E-state index in [1.54, 1.807) is 12.1 Å². The van der Waals surface area contributed by atoms with Gasteiger partial charge in [-0.2, -0.15) is 0 Å². The van der Waals surface area contributed by atoms with Gasteiger partial charge in [-0.1, -0.05) is 35.9 Å². The van der Waals surface area contributed by atoms with Gasteiger partial charge < -0.3 is 10.6 Å². The van der Waals surface area contributed by atoms with Gasteiger partial charge in [-0.3, -0.25) is 0 Å². The number of halogens is 2. The first-order valence-electron chi connectivity index (χ1n) is 6.64. The number of rotatable bonds is 5. The molecule has 2 rings (SSSR count). The molecule has 0 aromatic heterocycles. The molecule has 2 amide bonds. The molecule has 3 nitrogen and oxygen atoms in total. The number of benzene rings is 2. The fourth-order valence-corrected chi connectivity index (χ4v) is 1.99. The van der Waals surface area contributed by atoms with Crippen LogP contribution in [0.3, 0.4) is 0 Å². The van der Waals surface area contributed by atoms with E-state index in [1.807, 2.05) is 24.3 Å². The van der Waals surface area contributed by atoms with Gasteiger partial charge in [-0.05, 0) is 41.8 Å². The monoisotopic (exact) mass is 306 g/mol. The summed E-state index contributed by atoms with van der Waals surface area (Å²) in [6.45, 7) is 0.821. The van der Waals surface area contributed by atoms with Crippen molar-refractivity contribution in [3.8, 4) is 0 Å². The lowest BCUT2D eigenvalue weighted by Gasteiger charge is -2.08. The molecule has 2 aromatic rings. The predicted molar refractivity (Wildman–Crippen MR) is 81.8 cm³/mol. The Morgan fingerprint density at radius 1 is 1.05 bits per heavy atom. The minimum atomic E-state index is -0.308. The van der Waals surface area contributed by atoms with Gasteiger partial charge in [0.05, 0.1) is 0 Å². The van der Waals surface area contributed by atoms with E-state index in [0.717, 1.165) is 17.5 Å². The molecular weight excluding hydrogens is 291 g/mol. The molecule has 0 aliphatic heterocycles. The van der Waals surface area contributed by atoms with E-state index >= 15 is 0 Å². The minimum absolute atomic E-state index is 0.270. The summed E-state index contributed by atoms with van der Waals surface area (Å²) in [7, 11) is 0. The van der Waals surface area contributed by atoms with Crippen LogP contribution < -0.4 is 10.6 Å². The molecule has 5 heteroatoms. The van der Waals surface area contributed by atoms with Crippen molar-refractivity contribution in [2.24, 2.45) is 0 Å². The van der Waals surface area contributed by atoms with Crippen LogP contribution in [0, 0.1) is 5.82 Å². The molecule has 2 N–H and O–H groups in total. The Morgan fingerprint density at radius 2 is 1.81 bits per heavy atom. The zero-order chi connectivity index (χ0) is 15.1. The first kappa shape index (κ1) is 15.3. The molecule has 2 aromatic carbocycles. The maximum Gasteiger partial charge on any atom is 0.315 e. The first-order chi connectivity index (χ1) is 10.1. The fourth-order valence-electron chi connectivity index (χ4n) is 1.86. The van der Waals surface area contributed by atoms with Crippen LogP contribution in [0.5, 0.6) is 0 Å². The number of amides is 2. The second-order valence-electron chi connectivity index (χ2n) is 4.62. The number of nitrogens with one attached hydrogen (secondary N) is 2. The van der Waals surface area contributed by atoms with Gasteiger partial charge in [-0.15, -0.1) is 0 Å². The maximum absolute atomic E-state index is 13.0. The highest BCUT2D eigenvalue weighted by Crippen LogP contribution is 2.09. The Morgan fingerprint density at radius 3 is 2.52 bits per heavy atom. The molecular formula is C16H16ClFN2O. The van der Waals surface area contributed by atoms with E-state index in [2.05, 4.69) is 10.6 Å². The van der Waals surface area contributed by atoms with Gasteiger partial charge in [0.2, 0.25) is 0 Å². The van der Waals surface area contributed by atoms with Gasteiger partial charge in [0.15, 0.2) is 0 Å². The normalized spacial score (nSPS) is 10.2. The van der Waals surface area contributed by atoms with Crippen LogP contribution in [0.1, 0.15) is 11.1 Å². The Kier molecular flexibility index (Phi) is 5.58. The summed E-state index contributed by atoms with van der Waals surface area (Å²) in [6.07, 6.45) is 0.727. The third kappa shape index (κ3) is 5.44. The highest BCUT2D eigenvalue weighted by atomic mass is 35.5. The van der Waals surface area contributed by atoms with Crippen LogP contribution in [0.15, 0.2) is 48.5 Å². The van der Waals surface area contributed by atoms with Crippen LogP contribution in [0.4, 0.5) is 9.18 Å². The SMILES string of the molecule is O=C(NCCc1ccc(Cl)cc1)NCc1cccc(F)c1. The topological polar surface area (TPSA) is 41.1 Å². The van der Waals surface area contributed by atoms with Gasteiger partial charge in [0, 0.05) is 18.1 Å². The smallest absolute Gasteiger partial charge is 0.315 e. The van der Waals surface area contributed by atoms with Gasteiger partial charge in [0.25, 0.3) is 0 Å². The summed E-state index contributed by atoms with van der Waals surface area (Å²) >= 11 is 5.80. The van der Waals surface area contributed by atoms with Gasteiger partial charge in [-0.25, -0.2) is 9.18 Å².